The molecule has 0 unspecified atom stereocenters. The molecule has 4 rings (SSSR count). The fourth-order valence-electron chi connectivity index (χ4n) is 3.68. The van der Waals surface area contributed by atoms with E-state index in [9.17, 15) is 4.79 Å². The number of rotatable bonds is 6. The van der Waals surface area contributed by atoms with Crippen molar-refractivity contribution in [1.29, 1.82) is 0 Å². The zero-order chi connectivity index (χ0) is 22.9. The van der Waals surface area contributed by atoms with Crippen LogP contribution in [0.1, 0.15) is 49.9 Å². The van der Waals surface area contributed by atoms with Crippen molar-refractivity contribution in [2.24, 2.45) is 5.92 Å². The maximum atomic E-state index is 12.4. The van der Waals surface area contributed by atoms with Crippen LogP contribution in [-0.4, -0.2) is 21.5 Å². The molecular weight excluding hydrogens is 422 g/mol. The van der Waals surface area contributed by atoms with E-state index < -0.39 is 5.60 Å². The zero-order valence-corrected chi connectivity index (χ0v) is 19.6. The first-order valence-corrected chi connectivity index (χ1v) is 11.2. The fraction of sp³-hybridized carbons (Fsp3) is 0.346. The van der Waals surface area contributed by atoms with Crippen molar-refractivity contribution in [2.45, 2.75) is 52.2 Å². The summed E-state index contributed by atoms with van der Waals surface area (Å²) in [4.78, 5) is 21.7. The zero-order valence-electron chi connectivity index (χ0n) is 18.9. The van der Waals surface area contributed by atoms with E-state index in [4.69, 9.17) is 21.3 Å². The second-order valence-electron chi connectivity index (χ2n) is 9.32. The van der Waals surface area contributed by atoms with Crippen molar-refractivity contribution in [3.63, 3.8) is 0 Å². The minimum atomic E-state index is -0.496. The molecule has 2 aromatic heterocycles. The predicted molar refractivity (Wildman–Crippen MR) is 128 cm³/mol. The molecule has 6 heteroatoms. The first-order chi connectivity index (χ1) is 15.2. The Labute approximate surface area is 194 Å². The van der Waals surface area contributed by atoms with Gasteiger partial charge in [0, 0.05) is 24.2 Å². The first-order valence-electron chi connectivity index (χ1n) is 10.8. The third-order valence-corrected chi connectivity index (χ3v) is 5.66. The summed E-state index contributed by atoms with van der Waals surface area (Å²) < 4.78 is 5.52. The number of hydrogen-bond donors (Lipinski definition) is 1. The lowest BCUT2D eigenvalue weighted by Crippen LogP contribution is -2.25. The lowest BCUT2D eigenvalue weighted by molar-refractivity contribution is -0.156. The SMILES string of the molecule is Cc1cccc(CNc2ccc(-c3ccc(Cl)c([C@H]4C[C@@H]4C(=O)OC(C)(C)C)n3)cn2)c1. The van der Waals surface area contributed by atoms with Crippen LogP contribution in [0.15, 0.2) is 54.7 Å². The Kier molecular flexibility index (Phi) is 6.20. The molecule has 0 radical (unpaired) electrons. The molecule has 0 aliphatic heterocycles. The van der Waals surface area contributed by atoms with E-state index in [2.05, 4.69) is 41.5 Å². The van der Waals surface area contributed by atoms with E-state index in [0.29, 0.717) is 18.0 Å². The fourth-order valence-corrected chi connectivity index (χ4v) is 3.92. The predicted octanol–water partition coefficient (Wildman–Crippen LogP) is 6.16. The lowest BCUT2D eigenvalue weighted by atomic mass is 10.1. The van der Waals surface area contributed by atoms with Crippen molar-refractivity contribution < 1.29 is 9.53 Å². The van der Waals surface area contributed by atoms with Gasteiger partial charge >= 0.3 is 5.97 Å². The van der Waals surface area contributed by atoms with Crippen LogP contribution in [0.5, 0.6) is 0 Å². The highest BCUT2D eigenvalue weighted by molar-refractivity contribution is 6.31. The standard InChI is InChI=1S/C26H28ClN3O2/c1-16-6-5-7-17(12-16)14-28-23-11-8-18(15-29-23)22-10-9-21(27)24(30-22)19-13-20(19)25(31)32-26(2,3)4/h5-12,15,19-20H,13-14H2,1-4H3,(H,28,29)/t19-,20-/m0/s1. The molecule has 0 saturated heterocycles. The topological polar surface area (TPSA) is 64.1 Å². The smallest absolute Gasteiger partial charge is 0.310 e. The molecule has 1 N–H and O–H groups in total. The van der Waals surface area contributed by atoms with Gasteiger partial charge in [-0.25, -0.2) is 4.98 Å². The van der Waals surface area contributed by atoms with Crippen LogP contribution in [-0.2, 0) is 16.1 Å². The van der Waals surface area contributed by atoms with Gasteiger partial charge in [-0.1, -0.05) is 41.4 Å². The van der Waals surface area contributed by atoms with Crippen LogP contribution in [0.4, 0.5) is 5.82 Å². The molecule has 2 heterocycles. The largest absolute Gasteiger partial charge is 0.460 e. The normalized spacial score (nSPS) is 17.7. The van der Waals surface area contributed by atoms with Crippen molar-refractivity contribution in [3.8, 4) is 11.3 Å². The molecule has 1 aromatic carbocycles. The summed E-state index contributed by atoms with van der Waals surface area (Å²) in [5.41, 5.74) is 4.40. The average Bonchev–Trinajstić information content (AvgIpc) is 3.53. The Hall–Kier alpha value is -2.92. The Bertz CT molecular complexity index is 1120. The highest BCUT2D eigenvalue weighted by atomic mass is 35.5. The number of esters is 1. The van der Waals surface area contributed by atoms with Gasteiger partial charge in [0.2, 0.25) is 0 Å². The van der Waals surface area contributed by atoms with E-state index >= 15 is 0 Å². The summed E-state index contributed by atoms with van der Waals surface area (Å²) >= 11 is 6.42. The van der Waals surface area contributed by atoms with Gasteiger partial charge in [-0.15, -0.1) is 0 Å². The molecule has 32 heavy (non-hydrogen) atoms. The number of hydrogen-bond acceptors (Lipinski definition) is 5. The number of nitrogens with zero attached hydrogens (tertiary/aromatic N) is 2. The summed E-state index contributed by atoms with van der Waals surface area (Å²) in [6.07, 6.45) is 2.52. The average molecular weight is 450 g/mol. The molecule has 1 aliphatic rings. The molecule has 1 fully saturated rings. The maximum absolute atomic E-state index is 12.4. The molecular formula is C26H28ClN3O2. The highest BCUT2D eigenvalue weighted by Crippen LogP contribution is 2.50. The van der Waals surface area contributed by atoms with Crippen molar-refractivity contribution in [2.75, 3.05) is 5.32 Å². The number of carbonyl (C=O) groups is 1. The number of nitrogens with one attached hydrogen (secondary N) is 1. The van der Waals surface area contributed by atoms with Crippen molar-refractivity contribution in [1.82, 2.24) is 9.97 Å². The summed E-state index contributed by atoms with van der Waals surface area (Å²) in [6, 6.07) is 16.0. The molecule has 0 spiro atoms. The Morgan fingerprint density at radius 3 is 2.69 bits per heavy atom. The summed E-state index contributed by atoms with van der Waals surface area (Å²) in [7, 11) is 0. The number of halogens is 1. The molecule has 0 amide bonds. The molecule has 5 nitrogen and oxygen atoms in total. The maximum Gasteiger partial charge on any atom is 0.310 e. The number of benzene rings is 1. The van der Waals surface area contributed by atoms with Crippen LogP contribution in [0, 0.1) is 12.8 Å². The molecule has 166 valence electrons. The van der Waals surface area contributed by atoms with Crippen LogP contribution in [0.3, 0.4) is 0 Å². The molecule has 0 bridgehead atoms. The minimum absolute atomic E-state index is 0.000489. The van der Waals surface area contributed by atoms with E-state index in [-0.39, 0.29) is 17.8 Å². The first kappa shape index (κ1) is 22.3. The summed E-state index contributed by atoms with van der Waals surface area (Å²) in [6.45, 7) is 8.42. The van der Waals surface area contributed by atoms with Gasteiger partial charge in [-0.05, 0) is 63.9 Å². The van der Waals surface area contributed by atoms with E-state index in [1.807, 2.05) is 45.0 Å². The third-order valence-electron chi connectivity index (χ3n) is 5.34. The second-order valence-corrected chi connectivity index (χ2v) is 9.73. The quantitative estimate of drug-likeness (QED) is 0.456. The number of anilines is 1. The minimum Gasteiger partial charge on any atom is -0.460 e. The van der Waals surface area contributed by atoms with Crippen LogP contribution in [0.2, 0.25) is 5.02 Å². The molecule has 1 aliphatic carbocycles. The lowest BCUT2D eigenvalue weighted by Gasteiger charge is -2.19. The van der Waals surface area contributed by atoms with Gasteiger partial charge in [0.25, 0.3) is 0 Å². The Morgan fingerprint density at radius 1 is 1.19 bits per heavy atom. The molecule has 1 saturated carbocycles. The summed E-state index contributed by atoms with van der Waals surface area (Å²) in [5.74, 6) is 0.439. The summed E-state index contributed by atoms with van der Waals surface area (Å²) in [5, 5.41) is 3.93. The van der Waals surface area contributed by atoms with Gasteiger partial charge in [0.15, 0.2) is 0 Å². The van der Waals surface area contributed by atoms with Gasteiger partial charge in [-0.3, -0.25) is 9.78 Å². The third kappa shape index (κ3) is 5.46. The van der Waals surface area contributed by atoms with E-state index in [0.717, 1.165) is 22.8 Å². The van der Waals surface area contributed by atoms with Crippen LogP contribution >= 0.6 is 11.6 Å². The van der Waals surface area contributed by atoms with Gasteiger partial charge in [0.1, 0.15) is 11.4 Å². The van der Waals surface area contributed by atoms with E-state index in [1.54, 1.807) is 6.20 Å². The Balaban J connectivity index is 1.44. The number of aryl methyl sites for hydroxylation is 1. The molecule has 3 aromatic rings. The number of pyridine rings is 2. The number of carbonyl (C=O) groups excluding carboxylic acids is 1. The second kappa shape index (κ2) is 8.91. The van der Waals surface area contributed by atoms with Crippen molar-refractivity contribution in [3.05, 3.63) is 76.6 Å². The van der Waals surface area contributed by atoms with Crippen LogP contribution in [0.25, 0.3) is 11.3 Å². The van der Waals surface area contributed by atoms with E-state index in [1.165, 1.54) is 11.1 Å². The Morgan fingerprint density at radius 2 is 2.00 bits per heavy atom. The van der Waals surface area contributed by atoms with Gasteiger partial charge in [-0.2, -0.15) is 0 Å². The highest BCUT2D eigenvalue weighted by Gasteiger charge is 2.48. The number of ether oxygens (including phenoxy) is 1. The van der Waals surface area contributed by atoms with Gasteiger partial charge in [0.05, 0.1) is 22.3 Å². The van der Waals surface area contributed by atoms with Gasteiger partial charge < -0.3 is 10.1 Å². The van der Waals surface area contributed by atoms with Crippen molar-refractivity contribution >= 4 is 23.4 Å². The monoisotopic (exact) mass is 449 g/mol. The van der Waals surface area contributed by atoms with Crippen LogP contribution < -0.4 is 5.32 Å². The molecule has 2 atom stereocenters. The number of aromatic nitrogens is 2.